The van der Waals surface area contributed by atoms with E-state index in [0.29, 0.717) is 17.3 Å². The Labute approximate surface area is 144 Å². The predicted molar refractivity (Wildman–Crippen MR) is 94.1 cm³/mol. The van der Waals surface area contributed by atoms with Crippen molar-refractivity contribution in [2.75, 3.05) is 12.0 Å². The second-order valence-electron chi connectivity index (χ2n) is 5.39. The molecule has 7 heteroatoms. The lowest BCUT2D eigenvalue weighted by Crippen LogP contribution is -2.02. The van der Waals surface area contributed by atoms with E-state index in [9.17, 15) is 8.78 Å². The van der Waals surface area contributed by atoms with E-state index in [-0.39, 0.29) is 5.75 Å². The van der Waals surface area contributed by atoms with Crippen LogP contribution in [0.3, 0.4) is 0 Å². The SMILES string of the molecule is CCCCCCOc1cc(C=NNc2nc(C)cs2)cc(F)c1F. The molecule has 0 aliphatic rings. The highest BCUT2D eigenvalue weighted by Gasteiger charge is 2.11. The summed E-state index contributed by atoms with van der Waals surface area (Å²) in [5, 5.41) is 6.51. The minimum Gasteiger partial charge on any atom is -0.490 e. The number of aromatic nitrogens is 1. The molecule has 0 radical (unpaired) electrons. The first kappa shape index (κ1) is 18.3. The fraction of sp³-hybridized carbons (Fsp3) is 0.412. The number of hydrazone groups is 1. The van der Waals surface area contributed by atoms with Crippen molar-refractivity contribution >= 4 is 22.7 Å². The Morgan fingerprint density at radius 2 is 2.12 bits per heavy atom. The van der Waals surface area contributed by atoms with Gasteiger partial charge in [0.25, 0.3) is 0 Å². The third kappa shape index (κ3) is 5.56. The average molecular weight is 353 g/mol. The van der Waals surface area contributed by atoms with Crippen LogP contribution in [0.4, 0.5) is 13.9 Å². The second kappa shape index (κ2) is 9.32. The van der Waals surface area contributed by atoms with Gasteiger partial charge in [0.1, 0.15) is 0 Å². The second-order valence-corrected chi connectivity index (χ2v) is 6.25. The Kier molecular flexibility index (Phi) is 7.11. The largest absolute Gasteiger partial charge is 0.490 e. The quantitative estimate of drug-likeness (QED) is 0.386. The van der Waals surface area contributed by atoms with Gasteiger partial charge < -0.3 is 4.74 Å². The fourth-order valence-electron chi connectivity index (χ4n) is 2.04. The van der Waals surface area contributed by atoms with Crippen molar-refractivity contribution in [3.63, 3.8) is 0 Å². The van der Waals surface area contributed by atoms with Crippen LogP contribution in [0.15, 0.2) is 22.6 Å². The van der Waals surface area contributed by atoms with Gasteiger partial charge in [-0.15, -0.1) is 11.3 Å². The molecule has 0 saturated heterocycles. The summed E-state index contributed by atoms with van der Waals surface area (Å²) in [7, 11) is 0. The molecule has 0 aliphatic heterocycles. The summed E-state index contributed by atoms with van der Waals surface area (Å²) < 4.78 is 32.8. The van der Waals surface area contributed by atoms with Gasteiger partial charge in [-0.05, 0) is 25.5 Å². The van der Waals surface area contributed by atoms with Gasteiger partial charge in [-0.1, -0.05) is 26.2 Å². The van der Waals surface area contributed by atoms with Crippen LogP contribution in [0.5, 0.6) is 5.75 Å². The van der Waals surface area contributed by atoms with Crippen molar-refractivity contribution in [1.82, 2.24) is 4.98 Å². The van der Waals surface area contributed by atoms with Gasteiger partial charge in [-0.25, -0.2) is 9.37 Å². The van der Waals surface area contributed by atoms with Crippen molar-refractivity contribution < 1.29 is 13.5 Å². The van der Waals surface area contributed by atoms with Gasteiger partial charge in [0, 0.05) is 10.9 Å². The molecule has 0 bridgehead atoms. The van der Waals surface area contributed by atoms with E-state index in [1.54, 1.807) is 0 Å². The van der Waals surface area contributed by atoms with Gasteiger partial charge in [-0.2, -0.15) is 9.49 Å². The molecule has 1 heterocycles. The number of ether oxygens (including phenoxy) is 1. The summed E-state index contributed by atoms with van der Waals surface area (Å²) in [4.78, 5) is 4.19. The van der Waals surface area contributed by atoms with Crippen molar-refractivity contribution in [1.29, 1.82) is 0 Å². The molecule has 2 rings (SSSR count). The Hall–Kier alpha value is -2.02. The van der Waals surface area contributed by atoms with Crippen LogP contribution in [-0.4, -0.2) is 17.8 Å². The van der Waals surface area contributed by atoms with E-state index < -0.39 is 11.6 Å². The molecule has 0 spiro atoms. The number of benzene rings is 1. The third-order valence-corrected chi connectivity index (χ3v) is 4.13. The maximum atomic E-state index is 13.8. The van der Waals surface area contributed by atoms with Crippen molar-refractivity contribution in [2.24, 2.45) is 5.10 Å². The standard InChI is InChI=1S/C17H21F2N3OS/c1-3-4-5-6-7-23-15-9-13(8-14(18)16(15)19)10-20-22-17-21-12(2)11-24-17/h8-11H,3-7H2,1-2H3,(H,21,22). The lowest BCUT2D eigenvalue weighted by atomic mass is 10.2. The molecule has 2 aromatic rings. The number of rotatable bonds is 9. The highest BCUT2D eigenvalue weighted by atomic mass is 32.1. The zero-order valence-corrected chi connectivity index (χ0v) is 14.6. The number of aryl methyl sites for hydroxylation is 1. The normalized spacial score (nSPS) is 11.2. The summed E-state index contributed by atoms with van der Waals surface area (Å²) >= 11 is 1.42. The van der Waals surface area contributed by atoms with Crippen molar-refractivity contribution in [3.05, 3.63) is 40.4 Å². The zero-order valence-electron chi connectivity index (χ0n) is 13.8. The van der Waals surface area contributed by atoms with E-state index in [1.165, 1.54) is 23.6 Å². The number of nitrogens with one attached hydrogen (secondary N) is 1. The average Bonchev–Trinajstić information content (AvgIpc) is 2.97. The van der Waals surface area contributed by atoms with Crippen LogP contribution in [0, 0.1) is 18.6 Å². The maximum absolute atomic E-state index is 13.8. The maximum Gasteiger partial charge on any atom is 0.203 e. The summed E-state index contributed by atoms with van der Waals surface area (Å²) in [5.41, 5.74) is 4.06. The van der Waals surface area contributed by atoms with Crippen LogP contribution in [0.1, 0.15) is 43.9 Å². The lowest BCUT2D eigenvalue weighted by Gasteiger charge is -2.08. The molecule has 1 aromatic heterocycles. The van der Waals surface area contributed by atoms with Gasteiger partial charge in [-0.3, -0.25) is 5.43 Å². The van der Waals surface area contributed by atoms with Crippen LogP contribution in [0.25, 0.3) is 0 Å². The number of hydrogen-bond acceptors (Lipinski definition) is 5. The molecule has 0 atom stereocenters. The minimum absolute atomic E-state index is 0.0851. The van der Waals surface area contributed by atoms with Crippen molar-refractivity contribution in [2.45, 2.75) is 39.5 Å². The van der Waals surface area contributed by atoms with E-state index in [4.69, 9.17) is 4.74 Å². The highest BCUT2D eigenvalue weighted by molar-refractivity contribution is 7.13. The number of thiazole rings is 1. The first-order valence-electron chi connectivity index (χ1n) is 7.93. The first-order chi connectivity index (χ1) is 11.6. The Morgan fingerprint density at radius 3 is 2.83 bits per heavy atom. The van der Waals surface area contributed by atoms with Gasteiger partial charge >= 0.3 is 0 Å². The molecular weight excluding hydrogens is 332 g/mol. The monoisotopic (exact) mass is 353 g/mol. The number of halogens is 2. The molecule has 24 heavy (non-hydrogen) atoms. The zero-order chi connectivity index (χ0) is 17.4. The lowest BCUT2D eigenvalue weighted by molar-refractivity contribution is 0.285. The molecule has 0 fully saturated rings. The molecule has 0 aliphatic carbocycles. The topological polar surface area (TPSA) is 46.5 Å². The fourth-order valence-corrected chi connectivity index (χ4v) is 2.68. The van der Waals surface area contributed by atoms with Gasteiger partial charge in [0.15, 0.2) is 11.6 Å². The molecule has 0 saturated carbocycles. The predicted octanol–water partition coefficient (Wildman–Crippen LogP) is 5.13. The van der Waals surface area contributed by atoms with Gasteiger partial charge in [0.2, 0.25) is 10.9 Å². The molecule has 130 valence electrons. The summed E-state index contributed by atoms with van der Waals surface area (Å²) in [6.45, 7) is 4.36. The minimum atomic E-state index is -0.967. The first-order valence-corrected chi connectivity index (χ1v) is 8.81. The Balaban J connectivity index is 1.97. The summed E-state index contributed by atoms with van der Waals surface area (Å²) in [6.07, 6.45) is 5.45. The molecular formula is C17H21F2N3OS. The number of nitrogens with zero attached hydrogens (tertiary/aromatic N) is 2. The molecule has 0 amide bonds. The van der Waals surface area contributed by atoms with E-state index in [1.807, 2.05) is 12.3 Å². The smallest absolute Gasteiger partial charge is 0.203 e. The van der Waals surface area contributed by atoms with Crippen molar-refractivity contribution in [3.8, 4) is 5.75 Å². The van der Waals surface area contributed by atoms with Gasteiger partial charge in [0.05, 0.1) is 18.5 Å². The molecule has 4 nitrogen and oxygen atoms in total. The molecule has 1 N–H and O–H groups in total. The van der Waals surface area contributed by atoms with E-state index in [2.05, 4.69) is 22.4 Å². The summed E-state index contributed by atoms with van der Waals surface area (Å²) in [6, 6.07) is 2.52. The van der Waals surface area contributed by atoms with E-state index in [0.717, 1.165) is 37.4 Å². The number of anilines is 1. The van der Waals surface area contributed by atoms with Crippen LogP contribution >= 0.6 is 11.3 Å². The number of unbranched alkanes of at least 4 members (excludes halogenated alkanes) is 3. The molecule has 0 unspecified atom stereocenters. The van der Waals surface area contributed by atoms with E-state index >= 15 is 0 Å². The summed E-state index contributed by atoms with van der Waals surface area (Å²) in [5.74, 6) is -2.00. The third-order valence-electron chi connectivity index (χ3n) is 3.27. The molecule has 1 aromatic carbocycles. The Morgan fingerprint density at radius 1 is 1.29 bits per heavy atom. The Bertz CT molecular complexity index is 688. The van der Waals surface area contributed by atoms with Crippen LogP contribution in [0.2, 0.25) is 0 Å². The van der Waals surface area contributed by atoms with Crippen LogP contribution in [-0.2, 0) is 0 Å². The van der Waals surface area contributed by atoms with Crippen LogP contribution < -0.4 is 10.2 Å². The number of hydrogen-bond donors (Lipinski definition) is 1. The highest BCUT2D eigenvalue weighted by Crippen LogP contribution is 2.22.